The lowest BCUT2D eigenvalue weighted by Crippen LogP contribution is -1.92. The van der Waals surface area contributed by atoms with E-state index in [9.17, 15) is 0 Å². The number of nitrogens with zero attached hydrogens (tertiary/aromatic N) is 2. The summed E-state index contributed by atoms with van der Waals surface area (Å²) < 4.78 is 0. The van der Waals surface area contributed by atoms with Gasteiger partial charge in [0.25, 0.3) is 0 Å². The summed E-state index contributed by atoms with van der Waals surface area (Å²) in [6.45, 7) is 2.15. The fourth-order valence-electron chi connectivity index (χ4n) is 3.74. The van der Waals surface area contributed by atoms with E-state index in [1.807, 2.05) is 36.7 Å². The van der Waals surface area contributed by atoms with E-state index in [-0.39, 0.29) is 0 Å². The van der Waals surface area contributed by atoms with Crippen molar-refractivity contribution in [3.8, 4) is 22.4 Å². The largest absolute Gasteiger partial charge is 0.256 e. The molecular formula is C25H18N2. The second kappa shape index (κ2) is 6.33. The topological polar surface area (TPSA) is 25.8 Å². The SMILES string of the molecule is Cc1cc(-c2ccccc2)ncc1-c1cc2ccccc2c2ncccc12. The highest BCUT2D eigenvalue weighted by molar-refractivity contribution is 6.12. The molecule has 0 amide bonds. The first-order chi connectivity index (χ1) is 13.3. The van der Waals surface area contributed by atoms with Gasteiger partial charge in [-0.25, -0.2) is 0 Å². The van der Waals surface area contributed by atoms with Gasteiger partial charge in [-0.2, -0.15) is 0 Å². The van der Waals surface area contributed by atoms with Crippen molar-refractivity contribution in [2.75, 3.05) is 0 Å². The molecule has 0 spiro atoms. The Kier molecular flexibility index (Phi) is 3.68. The van der Waals surface area contributed by atoms with Crippen molar-refractivity contribution in [1.29, 1.82) is 0 Å². The number of hydrogen-bond donors (Lipinski definition) is 0. The number of aryl methyl sites for hydroxylation is 1. The molecule has 0 saturated carbocycles. The van der Waals surface area contributed by atoms with Crippen molar-refractivity contribution in [3.05, 3.63) is 96.8 Å². The zero-order valence-corrected chi connectivity index (χ0v) is 15.1. The molecular weight excluding hydrogens is 328 g/mol. The minimum atomic E-state index is 1.00. The number of pyridine rings is 2. The third-order valence-corrected chi connectivity index (χ3v) is 5.08. The molecule has 5 rings (SSSR count). The Balaban J connectivity index is 1.76. The van der Waals surface area contributed by atoms with Gasteiger partial charge in [0.15, 0.2) is 0 Å². The molecule has 27 heavy (non-hydrogen) atoms. The van der Waals surface area contributed by atoms with Gasteiger partial charge in [0.05, 0.1) is 11.2 Å². The van der Waals surface area contributed by atoms with E-state index in [2.05, 4.69) is 66.5 Å². The number of hydrogen-bond acceptors (Lipinski definition) is 2. The van der Waals surface area contributed by atoms with Crippen LogP contribution in [-0.4, -0.2) is 9.97 Å². The average molecular weight is 346 g/mol. The first kappa shape index (κ1) is 15.7. The third-order valence-electron chi connectivity index (χ3n) is 5.08. The zero-order valence-electron chi connectivity index (χ0n) is 15.1. The minimum Gasteiger partial charge on any atom is -0.256 e. The zero-order chi connectivity index (χ0) is 18.2. The van der Waals surface area contributed by atoms with E-state index in [1.54, 1.807) is 0 Å². The first-order valence-corrected chi connectivity index (χ1v) is 9.10. The van der Waals surface area contributed by atoms with Crippen molar-refractivity contribution in [2.24, 2.45) is 0 Å². The molecule has 2 heteroatoms. The third kappa shape index (κ3) is 2.67. The van der Waals surface area contributed by atoms with E-state index in [1.165, 1.54) is 21.9 Å². The number of aromatic nitrogens is 2. The number of fused-ring (bicyclic) bond motifs is 3. The lowest BCUT2D eigenvalue weighted by Gasteiger charge is -2.13. The van der Waals surface area contributed by atoms with Gasteiger partial charge in [0.2, 0.25) is 0 Å². The van der Waals surface area contributed by atoms with Crippen LogP contribution in [0.25, 0.3) is 44.1 Å². The van der Waals surface area contributed by atoms with E-state index >= 15 is 0 Å². The maximum atomic E-state index is 4.75. The smallest absolute Gasteiger partial charge is 0.0786 e. The van der Waals surface area contributed by atoms with E-state index in [4.69, 9.17) is 4.98 Å². The molecule has 5 aromatic rings. The Morgan fingerprint density at radius 1 is 0.667 bits per heavy atom. The van der Waals surface area contributed by atoms with Crippen LogP contribution in [0, 0.1) is 6.92 Å². The van der Waals surface area contributed by atoms with Crippen LogP contribution in [0.5, 0.6) is 0 Å². The molecule has 0 aliphatic rings. The summed E-state index contributed by atoms with van der Waals surface area (Å²) in [6, 6.07) is 27.3. The lowest BCUT2D eigenvalue weighted by molar-refractivity contribution is 1.29. The highest BCUT2D eigenvalue weighted by atomic mass is 14.7. The Labute approximate surface area is 158 Å². The molecule has 2 heterocycles. The Bertz CT molecular complexity index is 1270. The second-order valence-corrected chi connectivity index (χ2v) is 6.80. The van der Waals surface area contributed by atoms with Gasteiger partial charge < -0.3 is 0 Å². The molecule has 128 valence electrons. The number of rotatable bonds is 2. The summed E-state index contributed by atoms with van der Waals surface area (Å²) in [7, 11) is 0. The summed E-state index contributed by atoms with van der Waals surface area (Å²) >= 11 is 0. The van der Waals surface area contributed by atoms with Crippen LogP contribution in [0.15, 0.2) is 91.3 Å². The standard InChI is InChI=1S/C25H18N2/c1-17-14-24(18-8-3-2-4-9-18)27-16-23(17)22-15-19-10-5-6-11-20(19)25-21(22)12-7-13-26-25/h2-16H,1H3. The Hall–Kier alpha value is -3.52. The second-order valence-electron chi connectivity index (χ2n) is 6.80. The molecule has 2 aromatic heterocycles. The van der Waals surface area contributed by atoms with Crippen molar-refractivity contribution in [1.82, 2.24) is 9.97 Å². The molecule has 0 aliphatic carbocycles. The maximum absolute atomic E-state index is 4.75. The molecule has 0 saturated heterocycles. The Morgan fingerprint density at radius 3 is 2.30 bits per heavy atom. The van der Waals surface area contributed by atoms with Gasteiger partial charge in [0.1, 0.15) is 0 Å². The molecule has 0 unspecified atom stereocenters. The molecule has 0 radical (unpaired) electrons. The Morgan fingerprint density at radius 2 is 1.44 bits per heavy atom. The maximum Gasteiger partial charge on any atom is 0.0786 e. The first-order valence-electron chi connectivity index (χ1n) is 9.10. The van der Waals surface area contributed by atoms with Crippen LogP contribution < -0.4 is 0 Å². The van der Waals surface area contributed by atoms with Crippen LogP contribution in [0.4, 0.5) is 0 Å². The van der Waals surface area contributed by atoms with E-state index < -0.39 is 0 Å². The minimum absolute atomic E-state index is 1.00. The van der Waals surface area contributed by atoms with Crippen molar-refractivity contribution in [2.45, 2.75) is 6.92 Å². The van der Waals surface area contributed by atoms with Crippen LogP contribution in [0.3, 0.4) is 0 Å². The molecule has 3 aromatic carbocycles. The predicted molar refractivity (Wildman–Crippen MR) is 113 cm³/mol. The van der Waals surface area contributed by atoms with Crippen molar-refractivity contribution < 1.29 is 0 Å². The van der Waals surface area contributed by atoms with Gasteiger partial charge in [-0.05, 0) is 41.6 Å². The van der Waals surface area contributed by atoms with E-state index in [0.717, 1.165) is 27.7 Å². The van der Waals surface area contributed by atoms with Crippen molar-refractivity contribution >= 4 is 21.7 Å². The molecule has 0 fully saturated rings. The quantitative estimate of drug-likeness (QED) is 0.344. The van der Waals surface area contributed by atoms with Crippen LogP contribution in [0.1, 0.15) is 5.56 Å². The van der Waals surface area contributed by atoms with Crippen LogP contribution in [-0.2, 0) is 0 Å². The van der Waals surface area contributed by atoms with Crippen LogP contribution >= 0.6 is 0 Å². The van der Waals surface area contributed by atoms with Crippen LogP contribution in [0.2, 0.25) is 0 Å². The van der Waals surface area contributed by atoms with E-state index in [0.29, 0.717) is 0 Å². The highest BCUT2D eigenvalue weighted by Crippen LogP contribution is 2.35. The van der Waals surface area contributed by atoms with Gasteiger partial charge in [-0.3, -0.25) is 9.97 Å². The van der Waals surface area contributed by atoms with Gasteiger partial charge >= 0.3 is 0 Å². The monoisotopic (exact) mass is 346 g/mol. The van der Waals surface area contributed by atoms with Crippen molar-refractivity contribution in [3.63, 3.8) is 0 Å². The highest BCUT2D eigenvalue weighted by Gasteiger charge is 2.12. The summed E-state index contributed by atoms with van der Waals surface area (Å²) in [5.74, 6) is 0. The molecule has 2 nitrogen and oxygen atoms in total. The van der Waals surface area contributed by atoms with Gasteiger partial charge in [0, 0.05) is 34.3 Å². The average Bonchev–Trinajstić information content (AvgIpc) is 2.74. The molecule has 0 bridgehead atoms. The molecule has 0 aliphatic heterocycles. The summed E-state index contributed by atoms with van der Waals surface area (Å²) in [5, 5.41) is 3.54. The molecule has 0 N–H and O–H groups in total. The fourth-order valence-corrected chi connectivity index (χ4v) is 3.74. The summed E-state index contributed by atoms with van der Waals surface area (Å²) in [5.41, 5.74) is 6.72. The fraction of sp³-hybridized carbons (Fsp3) is 0.0400. The number of benzene rings is 3. The normalized spacial score (nSPS) is 11.1. The summed E-state index contributed by atoms with van der Waals surface area (Å²) in [4.78, 5) is 9.42. The molecule has 0 atom stereocenters. The predicted octanol–water partition coefficient (Wildman–Crippen LogP) is 6.43. The summed E-state index contributed by atoms with van der Waals surface area (Å²) in [6.07, 6.45) is 3.86. The van der Waals surface area contributed by atoms with Gasteiger partial charge in [-0.15, -0.1) is 0 Å². The lowest BCUT2D eigenvalue weighted by atomic mass is 9.94. The van der Waals surface area contributed by atoms with Gasteiger partial charge in [-0.1, -0.05) is 60.7 Å².